The van der Waals surface area contributed by atoms with Gasteiger partial charge in [-0.05, 0) is 29.5 Å². The minimum atomic E-state index is -0.249. The molecule has 2 heterocycles. The second-order valence-corrected chi connectivity index (χ2v) is 5.61. The van der Waals surface area contributed by atoms with E-state index in [0.29, 0.717) is 24.0 Å². The molecule has 0 aliphatic carbocycles. The van der Waals surface area contributed by atoms with E-state index in [4.69, 9.17) is 4.42 Å². The van der Waals surface area contributed by atoms with Crippen molar-refractivity contribution < 1.29 is 14.0 Å². The molecule has 0 bridgehead atoms. The van der Waals surface area contributed by atoms with Crippen LogP contribution in [0.1, 0.15) is 12.7 Å². The molecule has 9 nitrogen and oxygen atoms in total. The second kappa shape index (κ2) is 8.32. The van der Waals surface area contributed by atoms with E-state index >= 15 is 0 Å². The first-order valence-corrected chi connectivity index (χ1v) is 8.00. The van der Waals surface area contributed by atoms with Crippen molar-refractivity contribution >= 4 is 23.6 Å². The molecule has 0 atom stereocenters. The molecule has 0 spiro atoms. The van der Waals surface area contributed by atoms with Gasteiger partial charge in [-0.15, -0.1) is 5.10 Å². The van der Waals surface area contributed by atoms with Crippen LogP contribution in [-0.4, -0.2) is 56.3 Å². The molecule has 1 N–H and O–H groups in total. The Labute approximate surface area is 137 Å². The van der Waals surface area contributed by atoms with Gasteiger partial charge in [-0.3, -0.25) is 9.59 Å². The third-order valence-corrected chi connectivity index (χ3v) is 3.91. The summed E-state index contributed by atoms with van der Waals surface area (Å²) in [5.41, 5.74) is 0. The second-order valence-electron chi connectivity index (χ2n) is 4.67. The van der Waals surface area contributed by atoms with Gasteiger partial charge in [0.2, 0.25) is 17.0 Å². The van der Waals surface area contributed by atoms with Crippen LogP contribution < -0.4 is 5.32 Å². The van der Waals surface area contributed by atoms with Crippen LogP contribution in [0.2, 0.25) is 0 Å². The number of nitrogens with zero attached hydrogens (tertiary/aromatic N) is 5. The number of amides is 2. The van der Waals surface area contributed by atoms with E-state index in [2.05, 4.69) is 20.8 Å². The van der Waals surface area contributed by atoms with Gasteiger partial charge in [0.1, 0.15) is 5.76 Å². The lowest BCUT2D eigenvalue weighted by Crippen LogP contribution is -2.38. The summed E-state index contributed by atoms with van der Waals surface area (Å²) >= 11 is 1.24. The van der Waals surface area contributed by atoms with Gasteiger partial charge in [-0.1, -0.05) is 11.8 Å². The Kier molecular flexibility index (Phi) is 6.15. The maximum Gasteiger partial charge on any atom is 0.239 e. The Balaban J connectivity index is 1.72. The Hall–Kier alpha value is -2.36. The van der Waals surface area contributed by atoms with E-state index in [9.17, 15) is 9.59 Å². The number of hydrogen-bond donors (Lipinski definition) is 1. The zero-order chi connectivity index (χ0) is 16.7. The fraction of sp³-hybridized carbons (Fsp3) is 0.462. The molecule has 2 aromatic rings. The number of tetrazole rings is 1. The highest BCUT2D eigenvalue weighted by molar-refractivity contribution is 7.99. The lowest BCUT2D eigenvalue weighted by molar-refractivity contribution is -0.132. The molecule has 23 heavy (non-hydrogen) atoms. The van der Waals surface area contributed by atoms with Crippen molar-refractivity contribution in [2.75, 3.05) is 19.3 Å². The fourth-order valence-electron chi connectivity index (χ4n) is 1.69. The number of aromatic nitrogens is 4. The normalized spacial score (nSPS) is 10.5. The number of likely N-dealkylation sites (N-methyl/N-ethyl adjacent to an activating group) is 1. The summed E-state index contributed by atoms with van der Waals surface area (Å²) in [6.45, 7) is 2.83. The number of carbonyl (C=O) groups is 2. The summed E-state index contributed by atoms with van der Waals surface area (Å²) in [5.74, 6) is 0.409. The van der Waals surface area contributed by atoms with Crippen molar-refractivity contribution in [3.05, 3.63) is 24.2 Å². The van der Waals surface area contributed by atoms with Crippen LogP contribution in [0.15, 0.2) is 28.0 Å². The molecule has 0 aliphatic rings. The summed E-state index contributed by atoms with van der Waals surface area (Å²) in [7, 11) is 1.58. The van der Waals surface area contributed by atoms with Crippen LogP contribution >= 0.6 is 11.8 Å². The average molecular weight is 338 g/mol. The number of carbonyl (C=O) groups excluding carboxylic acids is 2. The van der Waals surface area contributed by atoms with Gasteiger partial charge in [0.25, 0.3) is 0 Å². The van der Waals surface area contributed by atoms with E-state index in [0.717, 1.165) is 0 Å². The predicted octanol–water partition coefficient (Wildman–Crippen LogP) is 0.153. The number of thioether (sulfide) groups is 1. The van der Waals surface area contributed by atoms with Crippen molar-refractivity contribution in [1.82, 2.24) is 30.4 Å². The third kappa shape index (κ3) is 5.09. The van der Waals surface area contributed by atoms with Gasteiger partial charge in [0, 0.05) is 13.6 Å². The monoisotopic (exact) mass is 338 g/mol. The lowest BCUT2D eigenvalue weighted by atomic mass is 10.4. The van der Waals surface area contributed by atoms with Crippen LogP contribution in [0, 0.1) is 0 Å². The van der Waals surface area contributed by atoms with E-state index in [1.54, 1.807) is 23.9 Å². The summed E-state index contributed by atoms with van der Waals surface area (Å²) in [5, 5.41) is 14.5. The Bertz CT molecular complexity index is 642. The van der Waals surface area contributed by atoms with Crippen molar-refractivity contribution in [3.63, 3.8) is 0 Å². The van der Waals surface area contributed by atoms with Crippen molar-refractivity contribution in [3.8, 4) is 0 Å². The number of rotatable bonds is 8. The molecule has 0 aromatic carbocycles. The summed E-state index contributed by atoms with van der Waals surface area (Å²) < 4.78 is 6.72. The first-order chi connectivity index (χ1) is 11.1. The lowest BCUT2D eigenvalue weighted by Gasteiger charge is -2.16. The highest BCUT2D eigenvalue weighted by Gasteiger charge is 2.15. The molecule has 2 aromatic heterocycles. The maximum atomic E-state index is 12.0. The molecule has 2 rings (SSSR count). The summed E-state index contributed by atoms with van der Waals surface area (Å²) in [6, 6.07) is 3.52. The van der Waals surface area contributed by atoms with Gasteiger partial charge in [-0.25, -0.2) is 4.68 Å². The van der Waals surface area contributed by atoms with Crippen LogP contribution in [0.25, 0.3) is 0 Å². The summed E-state index contributed by atoms with van der Waals surface area (Å²) in [4.78, 5) is 25.2. The molecule has 0 radical (unpaired) electrons. The molecule has 2 amide bonds. The molecule has 0 aliphatic heterocycles. The number of furan rings is 1. The SMILES string of the molecule is CCn1nnnc1SCC(=O)N(C)CC(=O)NCc1ccco1. The Morgan fingerprint density at radius 3 is 3.00 bits per heavy atom. The first kappa shape index (κ1) is 17.0. The van der Waals surface area contributed by atoms with Crippen molar-refractivity contribution in [2.45, 2.75) is 25.2 Å². The molecule has 0 unspecified atom stereocenters. The highest BCUT2D eigenvalue weighted by atomic mass is 32.2. The zero-order valence-corrected chi connectivity index (χ0v) is 13.7. The number of nitrogens with one attached hydrogen (secondary N) is 1. The largest absolute Gasteiger partial charge is 0.467 e. The highest BCUT2D eigenvalue weighted by Crippen LogP contribution is 2.13. The molecule has 124 valence electrons. The van der Waals surface area contributed by atoms with E-state index in [1.165, 1.54) is 22.9 Å². The van der Waals surface area contributed by atoms with Crippen molar-refractivity contribution in [1.29, 1.82) is 0 Å². The van der Waals surface area contributed by atoms with Crippen LogP contribution in [0.4, 0.5) is 0 Å². The van der Waals surface area contributed by atoms with Gasteiger partial charge in [0.05, 0.1) is 25.1 Å². The molecule has 0 fully saturated rings. The van der Waals surface area contributed by atoms with E-state index < -0.39 is 0 Å². The quantitative estimate of drug-likeness (QED) is 0.683. The van der Waals surface area contributed by atoms with Crippen LogP contribution in [0.3, 0.4) is 0 Å². The smallest absolute Gasteiger partial charge is 0.239 e. The van der Waals surface area contributed by atoms with Gasteiger partial charge in [-0.2, -0.15) is 0 Å². The number of aryl methyl sites for hydroxylation is 1. The first-order valence-electron chi connectivity index (χ1n) is 7.02. The topological polar surface area (TPSA) is 106 Å². The van der Waals surface area contributed by atoms with Crippen LogP contribution in [0.5, 0.6) is 0 Å². The summed E-state index contributed by atoms with van der Waals surface area (Å²) in [6.07, 6.45) is 1.54. The van der Waals surface area contributed by atoms with Gasteiger partial charge >= 0.3 is 0 Å². The van der Waals surface area contributed by atoms with E-state index in [1.807, 2.05) is 6.92 Å². The van der Waals surface area contributed by atoms with Crippen LogP contribution in [-0.2, 0) is 22.7 Å². The maximum absolute atomic E-state index is 12.0. The predicted molar refractivity (Wildman–Crippen MR) is 82.4 cm³/mol. The van der Waals surface area contributed by atoms with Gasteiger partial charge < -0.3 is 14.6 Å². The zero-order valence-electron chi connectivity index (χ0n) is 12.9. The average Bonchev–Trinajstić information content (AvgIpc) is 3.21. The fourth-order valence-corrected chi connectivity index (χ4v) is 2.57. The Morgan fingerprint density at radius 1 is 1.48 bits per heavy atom. The molecule has 0 saturated carbocycles. The molecule has 10 heteroatoms. The van der Waals surface area contributed by atoms with Gasteiger partial charge in [0.15, 0.2) is 0 Å². The minimum Gasteiger partial charge on any atom is -0.467 e. The standard InChI is InChI=1S/C13H18N6O3S/c1-3-19-13(15-16-17-19)23-9-12(21)18(2)8-11(20)14-7-10-5-4-6-22-10/h4-6H,3,7-9H2,1-2H3,(H,14,20). The Morgan fingerprint density at radius 2 is 2.30 bits per heavy atom. The molecule has 0 saturated heterocycles. The minimum absolute atomic E-state index is 0.0151. The number of hydrogen-bond acceptors (Lipinski definition) is 7. The molecular formula is C13H18N6O3S. The van der Waals surface area contributed by atoms with E-state index in [-0.39, 0.29) is 24.1 Å². The van der Waals surface area contributed by atoms with Crippen molar-refractivity contribution in [2.24, 2.45) is 0 Å². The molecular weight excluding hydrogens is 320 g/mol. The third-order valence-electron chi connectivity index (χ3n) is 2.97.